The molecule has 0 amide bonds. The minimum absolute atomic E-state index is 0.00969. The highest BCUT2D eigenvalue weighted by molar-refractivity contribution is 7.80. The van der Waals surface area contributed by atoms with Crippen LogP contribution >= 0.6 is 12.6 Å². The Hall–Kier alpha value is -1.23. The van der Waals surface area contributed by atoms with Crippen LogP contribution in [0.1, 0.15) is 103 Å². The van der Waals surface area contributed by atoms with E-state index in [0.717, 1.165) is 42.9 Å². The van der Waals surface area contributed by atoms with Gasteiger partial charge in [0, 0.05) is 17.0 Å². The zero-order chi connectivity index (χ0) is 23.9. The van der Waals surface area contributed by atoms with Crippen LogP contribution in [0.15, 0.2) is 47.4 Å². The van der Waals surface area contributed by atoms with Gasteiger partial charge >= 0.3 is 9.28 Å². The number of benzene rings is 2. The lowest BCUT2D eigenvalue weighted by molar-refractivity contribution is 0.247. The number of rotatable bonds is 10. The number of unbranched alkanes of at least 4 members (excludes halogenated alkanes) is 1. The van der Waals surface area contributed by atoms with E-state index in [1.54, 1.807) is 0 Å². The van der Waals surface area contributed by atoms with Crippen molar-refractivity contribution in [2.24, 2.45) is 0 Å². The lowest BCUT2D eigenvalue weighted by Crippen LogP contribution is -2.36. The van der Waals surface area contributed by atoms with Crippen molar-refractivity contribution < 1.29 is 8.85 Å². The van der Waals surface area contributed by atoms with Crippen molar-refractivity contribution in [2.45, 2.75) is 102 Å². The molecule has 0 aliphatic carbocycles. The first-order valence-electron chi connectivity index (χ1n) is 12.2. The maximum atomic E-state index is 6.89. The van der Waals surface area contributed by atoms with Crippen LogP contribution in [0.5, 0.6) is 5.75 Å². The van der Waals surface area contributed by atoms with Crippen molar-refractivity contribution in [3.8, 4) is 5.75 Å². The summed E-state index contributed by atoms with van der Waals surface area (Å²) in [6.07, 6.45) is 4.35. The fourth-order valence-corrected chi connectivity index (χ4v) is 6.59. The standard InChI is InChI=1S/C28H44O2SSi/c1-9-11-18-29-32(26(13-10-2)21-14-12-15-23(31)19-21)30-25-17-16-22(27(3,4)5)20-24(25)28(6,7)8/h12,14-17,19-20,26,31-32H,9-11,13,18H2,1-8H3. The first-order valence-corrected chi connectivity index (χ1v) is 14.2. The van der Waals surface area contributed by atoms with E-state index in [9.17, 15) is 0 Å². The molecule has 2 aromatic carbocycles. The van der Waals surface area contributed by atoms with Crippen molar-refractivity contribution in [3.05, 3.63) is 59.2 Å². The lowest BCUT2D eigenvalue weighted by atomic mass is 9.80. The number of hydrogen-bond acceptors (Lipinski definition) is 3. The van der Waals surface area contributed by atoms with Crippen LogP contribution in [-0.2, 0) is 15.3 Å². The maximum absolute atomic E-state index is 6.89. The Morgan fingerprint density at radius 3 is 2.19 bits per heavy atom. The largest absolute Gasteiger partial charge is 0.522 e. The molecule has 32 heavy (non-hydrogen) atoms. The molecule has 2 aromatic rings. The van der Waals surface area contributed by atoms with Crippen molar-refractivity contribution in [1.82, 2.24) is 0 Å². The Bertz CT molecular complexity index is 851. The topological polar surface area (TPSA) is 18.5 Å². The van der Waals surface area contributed by atoms with Gasteiger partial charge in [0.15, 0.2) is 0 Å². The van der Waals surface area contributed by atoms with Crippen LogP contribution in [0, 0.1) is 0 Å². The zero-order valence-corrected chi connectivity index (χ0v) is 23.5. The Morgan fingerprint density at radius 1 is 0.906 bits per heavy atom. The summed E-state index contributed by atoms with van der Waals surface area (Å²) in [7, 11) is -2.06. The van der Waals surface area contributed by atoms with Crippen LogP contribution in [0.25, 0.3) is 0 Å². The van der Waals surface area contributed by atoms with Crippen molar-refractivity contribution in [3.63, 3.8) is 0 Å². The second-order valence-corrected chi connectivity index (χ2v) is 13.5. The highest BCUT2D eigenvalue weighted by atomic mass is 32.1. The van der Waals surface area contributed by atoms with Gasteiger partial charge in [-0.05, 0) is 58.6 Å². The predicted octanol–water partition coefficient (Wildman–Crippen LogP) is 8.11. The summed E-state index contributed by atoms with van der Waals surface area (Å²) < 4.78 is 13.4. The van der Waals surface area contributed by atoms with Crippen LogP contribution in [0.3, 0.4) is 0 Å². The van der Waals surface area contributed by atoms with Crippen molar-refractivity contribution in [1.29, 1.82) is 0 Å². The van der Waals surface area contributed by atoms with Crippen LogP contribution in [0.4, 0.5) is 0 Å². The third-order valence-electron chi connectivity index (χ3n) is 5.90. The Balaban J connectivity index is 2.49. The summed E-state index contributed by atoms with van der Waals surface area (Å²) in [5, 5.41) is 0. The molecule has 0 aliphatic heterocycles. The molecule has 4 heteroatoms. The van der Waals surface area contributed by atoms with Crippen LogP contribution in [0.2, 0.25) is 0 Å². The normalized spacial score (nSPS) is 14.3. The molecule has 2 unspecified atom stereocenters. The number of thiol groups is 1. The molecule has 0 heterocycles. The lowest BCUT2D eigenvalue weighted by Gasteiger charge is -2.31. The zero-order valence-electron chi connectivity index (χ0n) is 21.5. The van der Waals surface area contributed by atoms with Gasteiger partial charge in [0.2, 0.25) is 0 Å². The first kappa shape index (κ1) is 27.0. The molecule has 0 bridgehead atoms. The second kappa shape index (κ2) is 11.8. The fraction of sp³-hybridized carbons (Fsp3) is 0.571. The van der Waals surface area contributed by atoms with E-state index in [1.807, 2.05) is 6.07 Å². The maximum Gasteiger partial charge on any atom is 0.390 e. The first-order chi connectivity index (χ1) is 15.0. The van der Waals surface area contributed by atoms with Gasteiger partial charge < -0.3 is 8.85 Å². The molecule has 0 aromatic heterocycles. The van der Waals surface area contributed by atoms with Crippen molar-refractivity contribution in [2.75, 3.05) is 6.61 Å². The SMILES string of the molecule is CCCCO[SiH](Oc1ccc(C(C)(C)C)cc1C(C)(C)C)C(CCC)c1cccc(S)c1. The molecular formula is C28H44O2SSi. The van der Waals surface area contributed by atoms with Gasteiger partial charge in [0.05, 0.1) is 0 Å². The third-order valence-corrected chi connectivity index (χ3v) is 8.61. The highest BCUT2D eigenvalue weighted by Gasteiger charge is 2.32. The summed E-state index contributed by atoms with van der Waals surface area (Å²) in [6, 6.07) is 15.3. The molecule has 0 fully saturated rings. The molecular weight excluding hydrogens is 428 g/mol. The van der Waals surface area contributed by atoms with E-state index in [1.165, 1.54) is 16.7 Å². The van der Waals surface area contributed by atoms with Crippen molar-refractivity contribution >= 4 is 21.9 Å². The van der Waals surface area contributed by atoms with Gasteiger partial charge in [-0.25, -0.2) is 0 Å². The Kier molecular flexibility index (Phi) is 9.93. The van der Waals surface area contributed by atoms with Crippen LogP contribution in [-0.4, -0.2) is 15.9 Å². The Labute approximate surface area is 204 Å². The molecule has 0 saturated heterocycles. The smallest absolute Gasteiger partial charge is 0.390 e. The molecule has 0 radical (unpaired) electrons. The summed E-state index contributed by atoms with van der Waals surface area (Å²) in [4.78, 5) is 0.995. The average molecular weight is 473 g/mol. The molecule has 0 aliphatic rings. The molecule has 2 nitrogen and oxygen atoms in total. The summed E-state index contributed by atoms with van der Waals surface area (Å²) >= 11 is 4.60. The van der Waals surface area contributed by atoms with E-state index in [4.69, 9.17) is 8.85 Å². The Morgan fingerprint density at radius 2 is 1.62 bits per heavy atom. The minimum atomic E-state index is -2.06. The van der Waals surface area contributed by atoms with Crippen LogP contribution < -0.4 is 4.43 Å². The van der Waals surface area contributed by atoms with Gasteiger partial charge in [-0.15, -0.1) is 12.6 Å². The van der Waals surface area contributed by atoms with Gasteiger partial charge in [-0.3, -0.25) is 0 Å². The molecule has 2 rings (SSSR count). The van der Waals surface area contributed by atoms with Gasteiger partial charge in [0.25, 0.3) is 0 Å². The highest BCUT2D eigenvalue weighted by Crippen LogP contribution is 2.37. The summed E-state index contributed by atoms with van der Waals surface area (Å²) in [6.45, 7) is 18.8. The molecule has 0 saturated carbocycles. The van der Waals surface area contributed by atoms with E-state index < -0.39 is 9.28 Å². The minimum Gasteiger partial charge on any atom is -0.522 e. The van der Waals surface area contributed by atoms with Gasteiger partial charge in [-0.1, -0.05) is 92.5 Å². The van der Waals surface area contributed by atoms with E-state index in [-0.39, 0.29) is 10.8 Å². The third kappa shape index (κ3) is 7.67. The van der Waals surface area contributed by atoms with E-state index >= 15 is 0 Å². The average Bonchev–Trinajstić information content (AvgIpc) is 2.70. The molecule has 2 atom stereocenters. The van der Waals surface area contributed by atoms with E-state index in [0.29, 0.717) is 5.54 Å². The summed E-state index contributed by atoms with van der Waals surface area (Å²) in [5.74, 6) is 0.988. The fourth-order valence-electron chi connectivity index (χ4n) is 3.91. The van der Waals surface area contributed by atoms with Gasteiger partial charge in [-0.2, -0.15) is 0 Å². The molecule has 178 valence electrons. The number of hydrogen-bond donors (Lipinski definition) is 1. The quantitative estimate of drug-likeness (QED) is 0.214. The predicted molar refractivity (Wildman–Crippen MR) is 144 cm³/mol. The van der Waals surface area contributed by atoms with E-state index in [2.05, 4.69) is 104 Å². The molecule has 0 spiro atoms. The van der Waals surface area contributed by atoms with Gasteiger partial charge in [0.1, 0.15) is 5.75 Å². The summed E-state index contributed by atoms with van der Waals surface area (Å²) in [5.41, 5.74) is 4.28. The second-order valence-electron chi connectivity index (χ2n) is 10.9. The molecule has 0 N–H and O–H groups in total. The monoisotopic (exact) mass is 472 g/mol.